The molecule has 6 heteroatoms. The summed E-state index contributed by atoms with van der Waals surface area (Å²) in [6, 6.07) is 0. The molecule has 0 aromatic rings. The summed E-state index contributed by atoms with van der Waals surface area (Å²) in [5, 5.41) is 18.5. The maximum Gasteiger partial charge on any atom is 0.330 e. The molecule has 6 nitrogen and oxygen atoms in total. The van der Waals surface area contributed by atoms with E-state index in [-0.39, 0.29) is 13.2 Å². The summed E-state index contributed by atoms with van der Waals surface area (Å²) in [5.41, 5.74) is -0.453. The van der Waals surface area contributed by atoms with Crippen molar-refractivity contribution in [3.05, 3.63) is 24.3 Å². The molecule has 19 heavy (non-hydrogen) atoms. The molecule has 0 bridgehead atoms. The van der Waals surface area contributed by atoms with Crippen molar-refractivity contribution in [2.75, 3.05) is 26.4 Å². The fraction of sp³-hybridized carbons (Fsp3) is 0.538. The Labute approximate surface area is 112 Å². The smallest absolute Gasteiger partial charge is 0.330 e. The van der Waals surface area contributed by atoms with E-state index < -0.39 is 30.6 Å². The van der Waals surface area contributed by atoms with Crippen LogP contribution in [0.15, 0.2) is 24.3 Å². The first kappa shape index (κ1) is 17.3. The molecule has 0 aromatic heterocycles. The van der Waals surface area contributed by atoms with Crippen LogP contribution in [0.25, 0.3) is 0 Å². The second kappa shape index (κ2) is 8.44. The standard InChI is InChI=1S/C13H20O6/c1-4-11(16)18-8-13(6-14,7-15)9-19-12(17)5-10(2)3/h4-5,14-15H,1,6-9H2,2-3H3. The lowest BCUT2D eigenvalue weighted by molar-refractivity contribution is -0.152. The van der Waals surface area contributed by atoms with Crippen LogP contribution in [0.4, 0.5) is 0 Å². The SMILES string of the molecule is C=CC(=O)OCC(CO)(CO)COC(=O)C=C(C)C. The highest BCUT2D eigenvalue weighted by molar-refractivity contribution is 5.82. The van der Waals surface area contributed by atoms with Crippen molar-refractivity contribution in [3.63, 3.8) is 0 Å². The minimum Gasteiger partial charge on any atom is -0.462 e. The molecule has 0 radical (unpaired) electrons. The van der Waals surface area contributed by atoms with Gasteiger partial charge in [-0.2, -0.15) is 0 Å². The summed E-state index contributed by atoms with van der Waals surface area (Å²) >= 11 is 0. The number of rotatable bonds is 8. The number of allylic oxidation sites excluding steroid dienone is 1. The van der Waals surface area contributed by atoms with Gasteiger partial charge in [0.05, 0.1) is 18.6 Å². The minimum atomic E-state index is -1.22. The van der Waals surface area contributed by atoms with Gasteiger partial charge >= 0.3 is 11.9 Å². The molecule has 2 N–H and O–H groups in total. The van der Waals surface area contributed by atoms with Crippen LogP contribution in [0.3, 0.4) is 0 Å². The molecule has 0 saturated heterocycles. The lowest BCUT2D eigenvalue weighted by Crippen LogP contribution is -2.40. The third-order valence-electron chi connectivity index (χ3n) is 2.29. The van der Waals surface area contributed by atoms with Crippen LogP contribution < -0.4 is 0 Å². The molecule has 0 aliphatic heterocycles. The molecule has 0 saturated carbocycles. The zero-order valence-electron chi connectivity index (χ0n) is 11.2. The zero-order valence-corrected chi connectivity index (χ0v) is 11.2. The average Bonchev–Trinajstić information content (AvgIpc) is 2.38. The molecular formula is C13H20O6. The maximum atomic E-state index is 11.3. The van der Waals surface area contributed by atoms with E-state index in [2.05, 4.69) is 6.58 Å². The highest BCUT2D eigenvalue weighted by Crippen LogP contribution is 2.17. The van der Waals surface area contributed by atoms with Crippen LogP contribution in [-0.2, 0) is 19.1 Å². The Hall–Kier alpha value is -1.66. The van der Waals surface area contributed by atoms with Crippen LogP contribution in [-0.4, -0.2) is 48.6 Å². The van der Waals surface area contributed by atoms with Crippen molar-refractivity contribution in [1.82, 2.24) is 0 Å². The van der Waals surface area contributed by atoms with E-state index in [1.165, 1.54) is 6.08 Å². The molecule has 0 aliphatic carbocycles. The highest BCUT2D eigenvalue weighted by atomic mass is 16.5. The lowest BCUT2D eigenvalue weighted by Gasteiger charge is -2.28. The first-order valence-corrected chi connectivity index (χ1v) is 5.71. The van der Waals surface area contributed by atoms with Gasteiger partial charge < -0.3 is 19.7 Å². The second-order valence-corrected chi connectivity index (χ2v) is 4.46. The Bertz CT molecular complexity index is 350. The molecule has 108 valence electrons. The predicted molar refractivity (Wildman–Crippen MR) is 68.2 cm³/mol. The second-order valence-electron chi connectivity index (χ2n) is 4.46. The van der Waals surface area contributed by atoms with Crippen molar-refractivity contribution >= 4 is 11.9 Å². The van der Waals surface area contributed by atoms with E-state index in [0.29, 0.717) is 0 Å². The van der Waals surface area contributed by atoms with E-state index in [4.69, 9.17) is 9.47 Å². The fourth-order valence-electron chi connectivity index (χ4n) is 1.06. The number of aliphatic hydroxyl groups excluding tert-OH is 2. The van der Waals surface area contributed by atoms with Gasteiger partial charge in [-0.25, -0.2) is 9.59 Å². The van der Waals surface area contributed by atoms with Crippen LogP contribution in [0, 0.1) is 5.41 Å². The van der Waals surface area contributed by atoms with E-state index in [0.717, 1.165) is 11.6 Å². The Morgan fingerprint density at radius 2 is 1.58 bits per heavy atom. The van der Waals surface area contributed by atoms with E-state index in [1.807, 2.05) is 0 Å². The normalized spacial score (nSPS) is 10.5. The summed E-state index contributed by atoms with van der Waals surface area (Å²) in [6.45, 7) is 5.19. The maximum absolute atomic E-state index is 11.3. The number of aliphatic hydroxyl groups is 2. The highest BCUT2D eigenvalue weighted by Gasteiger charge is 2.32. The number of hydrogen-bond acceptors (Lipinski definition) is 6. The third-order valence-corrected chi connectivity index (χ3v) is 2.29. The Morgan fingerprint density at radius 3 is 1.95 bits per heavy atom. The Balaban J connectivity index is 4.53. The largest absolute Gasteiger partial charge is 0.462 e. The number of ether oxygens (including phenoxy) is 2. The number of hydrogen-bond donors (Lipinski definition) is 2. The summed E-state index contributed by atoms with van der Waals surface area (Å²) in [4.78, 5) is 22.3. The first-order chi connectivity index (χ1) is 8.89. The summed E-state index contributed by atoms with van der Waals surface area (Å²) in [7, 11) is 0. The van der Waals surface area contributed by atoms with Crippen molar-refractivity contribution in [1.29, 1.82) is 0 Å². The van der Waals surface area contributed by atoms with Gasteiger partial charge in [-0.05, 0) is 13.8 Å². The van der Waals surface area contributed by atoms with Crippen LogP contribution in [0.2, 0.25) is 0 Å². The number of esters is 2. The van der Waals surface area contributed by atoms with Crippen LogP contribution in [0.1, 0.15) is 13.8 Å². The van der Waals surface area contributed by atoms with E-state index in [9.17, 15) is 19.8 Å². The summed E-state index contributed by atoms with van der Waals surface area (Å²) in [6.07, 6.45) is 2.25. The van der Waals surface area contributed by atoms with Gasteiger partial charge in [0.1, 0.15) is 13.2 Å². The van der Waals surface area contributed by atoms with Crippen molar-refractivity contribution in [2.24, 2.45) is 5.41 Å². The molecule has 0 aromatic carbocycles. The molecule has 0 amide bonds. The average molecular weight is 272 g/mol. The first-order valence-electron chi connectivity index (χ1n) is 5.71. The molecule has 0 atom stereocenters. The van der Waals surface area contributed by atoms with Crippen LogP contribution >= 0.6 is 0 Å². The van der Waals surface area contributed by atoms with E-state index >= 15 is 0 Å². The van der Waals surface area contributed by atoms with Crippen molar-refractivity contribution in [3.8, 4) is 0 Å². The van der Waals surface area contributed by atoms with Crippen LogP contribution in [0.5, 0.6) is 0 Å². The van der Waals surface area contributed by atoms with Gasteiger partial charge in [0, 0.05) is 12.2 Å². The predicted octanol–water partition coefficient (Wildman–Crippen LogP) is 0.196. The summed E-state index contributed by atoms with van der Waals surface area (Å²) in [5.74, 6) is -1.26. The monoisotopic (exact) mass is 272 g/mol. The summed E-state index contributed by atoms with van der Waals surface area (Å²) < 4.78 is 9.68. The number of carbonyl (C=O) groups is 2. The Kier molecular flexibility index (Phi) is 7.71. The van der Waals surface area contributed by atoms with Gasteiger partial charge in [-0.15, -0.1) is 0 Å². The molecule has 0 fully saturated rings. The van der Waals surface area contributed by atoms with Crippen molar-refractivity contribution in [2.45, 2.75) is 13.8 Å². The molecule has 0 unspecified atom stereocenters. The Morgan fingerprint density at radius 1 is 1.11 bits per heavy atom. The number of carbonyl (C=O) groups excluding carboxylic acids is 2. The van der Waals surface area contributed by atoms with E-state index in [1.54, 1.807) is 13.8 Å². The zero-order chi connectivity index (χ0) is 14.9. The third kappa shape index (κ3) is 6.73. The van der Waals surface area contributed by atoms with Gasteiger partial charge in [-0.1, -0.05) is 12.2 Å². The van der Waals surface area contributed by atoms with Gasteiger partial charge in [0.25, 0.3) is 0 Å². The lowest BCUT2D eigenvalue weighted by atomic mass is 9.92. The van der Waals surface area contributed by atoms with Gasteiger partial charge in [0.15, 0.2) is 0 Å². The molecule has 0 rings (SSSR count). The minimum absolute atomic E-state index is 0.257. The fourth-order valence-corrected chi connectivity index (χ4v) is 1.06. The topological polar surface area (TPSA) is 93.1 Å². The van der Waals surface area contributed by atoms with Crippen molar-refractivity contribution < 1.29 is 29.3 Å². The van der Waals surface area contributed by atoms with Gasteiger partial charge in [0.2, 0.25) is 0 Å². The molecule has 0 heterocycles. The molecule has 0 spiro atoms. The van der Waals surface area contributed by atoms with Gasteiger partial charge in [-0.3, -0.25) is 0 Å². The molecule has 0 aliphatic rings. The molecular weight excluding hydrogens is 252 g/mol. The quantitative estimate of drug-likeness (QED) is 0.484.